The summed E-state index contributed by atoms with van der Waals surface area (Å²) in [4.78, 5) is 18.4. The van der Waals surface area contributed by atoms with Crippen LogP contribution in [-0.2, 0) is 21.2 Å². The molecule has 1 amide bonds. The first-order chi connectivity index (χ1) is 12.3. The number of sulfonamides is 1. The summed E-state index contributed by atoms with van der Waals surface area (Å²) in [5, 5.41) is 3.92. The second-order valence-electron chi connectivity index (χ2n) is 7.57. The molecule has 1 aromatic rings. The Kier molecular flexibility index (Phi) is 5.96. The SMILES string of the molecule is CN(CCc1noc(C2CN(C(=O)CCC3CCCC3)C2)n1)S(C)(=O)=O. The van der Waals surface area contributed by atoms with Gasteiger partial charge in [0.05, 0.1) is 12.2 Å². The first-order valence-electron chi connectivity index (χ1n) is 9.34. The Balaban J connectivity index is 1.40. The van der Waals surface area contributed by atoms with E-state index in [-0.39, 0.29) is 11.8 Å². The molecule has 1 saturated carbocycles. The van der Waals surface area contributed by atoms with E-state index in [0.717, 1.165) is 12.3 Å². The van der Waals surface area contributed by atoms with E-state index in [0.29, 0.717) is 44.2 Å². The fourth-order valence-corrected chi connectivity index (χ4v) is 4.00. The number of amides is 1. The first-order valence-corrected chi connectivity index (χ1v) is 11.2. The molecule has 1 aliphatic carbocycles. The van der Waals surface area contributed by atoms with Crippen molar-refractivity contribution in [3.05, 3.63) is 11.7 Å². The van der Waals surface area contributed by atoms with Gasteiger partial charge < -0.3 is 9.42 Å². The average Bonchev–Trinajstić information content (AvgIpc) is 3.20. The molecule has 146 valence electrons. The molecule has 26 heavy (non-hydrogen) atoms. The summed E-state index contributed by atoms with van der Waals surface area (Å²) in [5.74, 6) is 2.10. The van der Waals surface area contributed by atoms with Gasteiger partial charge in [0.1, 0.15) is 0 Å². The molecule has 0 bridgehead atoms. The van der Waals surface area contributed by atoms with Crippen LogP contribution in [0.25, 0.3) is 0 Å². The van der Waals surface area contributed by atoms with Gasteiger partial charge in [-0.25, -0.2) is 12.7 Å². The van der Waals surface area contributed by atoms with Gasteiger partial charge in [-0.2, -0.15) is 4.98 Å². The van der Waals surface area contributed by atoms with Crippen LogP contribution in [0.15, 0.2) is 4.52 Å². The zero-order valence-electron chi connectivity index (χ0n) is 15.6. The Morgan fingerprint density at radius 2 is 2.00 bits per heavy atom. The van der Waals surface area contributed by atoms with Crippen LogP contribution in [0.5, 0.6) is 0 Å². The van der Waals surface area contributed by atoms with Crippen molar-refractivity contribution in [3.63, 3.8) is 0 Å². The van der Waals surface area contributed by atoms with Crippen molar-refractivity contribution < 1.29 is 17.7 Å². The Morgan fingerprint density at radius 1 is 1.31 bits per heavy atom. The lowest BCUT2D eigenvalue weighted by molar-refractivity contribution is -0.136. The molecule has 9 heteroatoms. The summed E-state index contributed by atoms with van der Waals surface area (Å²) in [6.07, 6.45) is 8.40. The molecule has 1 aromatic heterocycles. The van der Waals surface area contributed by atoms with E-state index < -0.39 is 10.0 Å². The third kappa shape index (κ3) is 4.82. The van der Waals surface area contributed by atoms with Crippen LogP contribution in [0.3, 0.4) is 0 Å². The van der Waals surface area contributed by atoms with Crippen molar-refractivity contribution in [1.82, 2.24) is 19.3 Å². The molecular formula is C17H28N4O4S. The number of hydrogen-bond acceptors (Lipinski definition) is 6. The van der Waals surface area contributed by atoms with Crippen molar-refractivity contribution in [1.29, 1.82) is 0 Å². The number of rotatable bonds is 8. The summed E-state index contributed by atoms with van der Waals surface area (Å²) in [6.45, 7) is 1.58. The van der Waals surface area contributed by atoms with Gasteiger partial charge in [-0.15, -0.1) is 0 Å². The summed E-state index contributed by atoms with van der Waals surface area (Å²) in [5.41, 5.74) is 0. The van der Waals surface area contributed by atoms with Gasteiger partial charge in [0.25, 0.3) is 0 Å². The molecule has 0 radical (unpaired) electrons. The zero-order valence-corrected chi connectivity index (χ0v) is 16.4. The van der Waals surface area contributed by atoms with Crippen LogP contribution in [0, 0.1) is 5.92 Å². The highest BCUT2D eigenvalue weighted by Gasteiger charge is 2.35. The van der Waals surface area contributed by atoms with Gasteiger partial charge in [-0.05, 0) is 12.3 Å². The highest BCUT2D eigenvalue weighted by atomic mass is 32.2. The van der Waals surface area contributed by atoms with Crippen LogP contribution in [0.1, 0.15) is 56.2 Å². The molecule has 8 nitrogen and oxygen atoms in total. The predicted octanol–water partition coefficient (Wildman–Crippen LogP) is 1.40. The van der Waals surface area contributed by atoms with Crippen molar-refractivity contribution in [2.45, 2.75) is 50.9 Å². The largest absolute Gasteiger partial charge is 0.341 e. The molecule has 1 saturated heterocycles. The van der Waals surface area contributed by atoms with Crippen LogP contribution in [0.4, 0.5) is 0 Å². The van der Waals surface area contributed by atoms with E-state index in [1.807, 2.05) is 4.90 Å². The molecule has 0 unspecified atom stereocenters. The smallest absolute Gasteiger partial charge is 0.233 e. The Labute approximate surface area is 155 Å². The lowest BCUT2D eigenvalue weighted by Crippen LogP contribution is -2.48. The van der Waals surface area contributed by atoms with E-state index >= 15 is 0 Å². The zero-order chi connectivity index (χ0) is 18.7. The quantitative estimate of drug-likeness (QED) is 0.672. The van der Waals surface area contributed by atoms with Crippen molar-refractivity contribution in [2.24, 2.45) is 5.92 Å². The van der Waals surface area contributed by atoms with Gasteiger partial charge in [0.2, 0.25) is 21.8 Å². The minimum Gasteiger partial charge on any atom is -0.341 e. The molecule has 2 aliphatic rings. The number of likely N-dealkylation sites (tertiary alicyclic amines) is 1. The van der Waals surface area contributed by atoms with Gasteiger partial charge in [-0.1, -0.05) is 30.8 Å². The topological polar surface area (TPSA) is 96.6 Å². The van der Waals surface area contributed by atoms with Crippen LogP contribution in [0.2, 0.25) is 0 Å². The van der Waals surface area contributed by atoms with Crippen molar-refractivity contribution in [2.75, 3.05) is 32.9 Å². The molecular weight excluding hydrogens is 356 g/mol. The average molecular weight is 385 g/mol. The van der Waals surface area contributed by atoms with Crippen molar-refractivity contribution in [3.8, 4) is 0 Å². The minimum absolute atomic E-state index is 0.0966. The first kappa shape index (κ1) is 19.3. The number of likely N-dealkylation sites (N-methyl/N-ethyl adjacent to an activating group) is 1. The molecule has 0 aromatic carbocycles. The predicted molar refractivity (Wildman–Crippen MR) is 96.0 cm³/mol. The molecule has 0 spiro atoms. The monoisotopic (exact) mass is 384 g/mol. The summed E-state index contributed by atoms with van der Waals surface area (Å²) in [7, 11) is -1.68. The van der Waals surface area contributed by atoms with Crippen LogP contribution < -0.4 is 0 Å². The maximum absolute atomic E-state index is 12.2. The number of nitrogens with zero attached hydrogens (tertiary/aromatic N) is 4. The second-order valence-corrected chi connectivity index (χ2v) is 9.66. The lowest BCUT2D eigenvalue weighted by atomic mass is 9.97. The third-order valence-electron chi connectivity index (χ3n) is 5.52. The number of carbonyl (C=O) groups is 1. The lowest BCUT2D eigenvalue weighted by Gasteiger charge is -2.37. The number of carbonyl (C=O) groups excluding carboxylic acids is 1. The number of aromatic nitrogens is 2. The minimum atomic E-state index is -3.20. The summed E-state index contributed by atoms with van der Waals surface area (Å²) < 4.78 is 29.3. The van der Waals surface area contributed by atoms with E-state index in [9.17, 15) is 13.2 Å². The fraction of sp³-hybridized carbons (Fsp3) is 0.824. The van der Waals surface area contributed by atoms with E-state index in [1.165, 1.54) is 43.3 Å². The highest BCUT2D eigenvalue weighted by Crippen LogP contribution is 2.30. The molecule has 0 N–H and O–H groups in total. The van der Waals surface area contributed by atoms with Gasteiger partial charge >= 0.3 is 0 Å². The maximum Gasteiger partial charge on any atom is 0.233 e. The normalized spacial score (nSPS) is 19.3. The highest BCUT2D eigenvalue weighted by molar-refractivity contribution is 7.88. The van der Waals surface area contributed by atoms with Crippen LogP contribution >= 0.6 is 0 Å². The van der Waals surface area contributed by atoms with Crippen LogP contribution in [-0.4, -0.2) is 66.6 Å². The third-order valence-corrected chi connectivity index (χ3v) is 6.84. The molecule has 1 aliphatic heterocycles. The Hall–Kier alpha value is -1.48. The van der Waals surface area contributed by atoms with Gasteiger partial charge in [0, 0.05) is 39.5 Å². The molecule has 0 atom stereocenters. The summed E-state index contributed by atoms with van der Waals surface area (Å²) >= 11 is 0. The standard InChI is InChI=1S/C17H28N4O4S/c1-20(26(2,23)24)10-9-15-18-17(25-19-15)14-11-21(12-14)16(22)8-7-13-5-3-4-6-13/h13-14H,3-12H2,1-2H3. The Morgan fingerprint density at radius 3 is 2.65 bits per heavy atom. The molecule has 2 heterocycles. The van der Waals surface area contributed by atoms with Crippen molar-refractivity contribution >= 4 is 15.9 Å². The van der Waals surface area contributed by atoms with E-state index in [1.54, 1.807) is 0 Å². The van der Waals surface area contributed by atoms with Gasteiger partial charge in [-0.3, -0.25) is 4.79 Å². The molecule has 2 fully saturated rings. The molecule has 3 rings (SSSR count). The fourth-order valence-electron chi connectivity index (χ4n) is 3.58. The van der Waals surface area contributed by atoms with E-state index in [2.05, 4.69) is 10.1 Å². The van der Waals surface area contributed by atoms with Gasteiger partial charge in [0.15, 0.2) is 5.82 Å². The second kappa shape index (κ2) is 8.04. The number of hydrogen-bond donors (Lipinski definition) is 0. The summed E-state index contributed by atoms with van der Waals surface area (Å²) in [6, 6.07) is 0. The maximum atomic E-state index is 12.2. The van der Waals surface area contributed by atoms with E-state index in [4.69, 9.17) is 4.52 Å². The Bertz CT molecular complexity index is 721.